The highest BCUT2D eigenvalue weighted by atomic mass is 19.1. The lowest BCUT2D eigenvalue weighted by atomic mass is 10.0. The molecule has 2 heterocycles. The second-order valence-electron chi connectivity index (χ2n) is 6.99. The molecule has 7 nitrogen and oxygen atoms in total. The fourth-order valence-corrected chi connectivity index (χ4v) is 3.05. The minimum atomic E-state index is -0.430. The van der Waals surface area contributed by atoms with E-state index in [0.717, 1.165) is 5.56 Å². The molecule has 152 valence electrons. The first-order chi connectivity index (χ1) is 14.5. The van der Waals surface area contributed by atoms with E-state index in [1.165, 1.54) is 12.1 Å². The molecule has 0 spiro atoms. The first kappa shape index (κ1) is 19.5. The van der Waals surface area contributed by atoms with E-state index in [2.05, 4.69) is 20.6 Å². The van der Waals surface area contributed by atoms with Gasteiger partial charge in [0.15, 0.2) is 0 Å². The lowest BCUT2D eigenvalue weighted by Crippen LogP contribution is -2.27. The van der Waals surface area contributed by atoms with Gasteiger partial charge in [0.2, 0.25) is 5.82 Å². The predicted molar refractivity (Wildman–Crippen MR) is 109 cm³/mol. The van der Waals surface area contributed by atoms with Gasteiger partial charge in [0.05, 0.1) is 16.9 Å². The second kappa shape index (κ2) is 8.28. The number of rotatable bonds is 6. The number of benzene rings is 2. The summed E-state index contributed by atoms with van der Waals surface area (Å²) in [6.45, 7) is 4.27. The monoisotopic (exact) mass is 405 g/mol. The van der Waals surface area contributed by atoms with E-state index >= 15 is 0 Å². The van der Waals surface area contributed by atoms with Gasteiger partial charge in [-0.3, -0.25) is 4.79 Å². The van der Waals surface area contributed by atoms with Gasteiger partial charge in [0.25, 0.3) is 0 Å². The van der Waals surface area contributed by atoms with Gasteiger partial charge in [-0.2, -0.15) is 10.1 Å². The van der Waals surface area contributed by atoms with Crippen LogP contribution in [0.1, 0.15) is 34.8 Å². The van der Waals surface area contributed by atoms with Gasteiger partial charge in [-0.1, -0.05) is 42.4 Å². The third kappa shape index (κ3) is 4.12. The minimum Gasteiger partial charge on any atom is -0.347 e. The molecule has 4 aromatic rings. The quantitative estimate of drug-likeness (QED) is 0.526. The van der Waals surface area contributed by atoms with Gasteiger partial charge in [0.1, 0.15) is 5.82 Å². The lowest BCUT2D eigenvalue weighted by Gasteiger charge is -2.11. The van der Waals surface area contributed by atoms with Crippen LogP contribution in [-0.4, -0.2) is 32.4 Å². The van der Waals surface area contributed by atoms with Gasteiger partial charge in [-0.15, -0.1) is 0 Å². The lowest BCUT2D eigenvalue weighted by molar-refractivity contribution is 0.0908. The van der Waals surface area contributed by atoms with E-state index in [0.29, 0.717) is 23.5 Å². The summed E-state index contributed by atoms with van der Waals surface area (Å²) in [4.78, 5) is 16.6. The molecule has 0 saturated carbocycles. The molecule has 4 rings (SSSR count). The molecule has 0 aliphatic rings. The Bertz CT molecular complexity index is 1150. The predicted octanol–water partition coefficient (Wildman–Crippen LogP) is 3.90. The summed E-state index contributed by atoms with van der Waals surface area (Å²) in [6, 6.07) is 15.9. The van der Waals surface area contributed by atoms with E-state index in [4.69, 9.17) is 4.52 Å². The van der Waals surface area contributed by atoms with Crippen molar-refractivity contribution >= 4 is 5.91 Å². The van der Waals surface area contributed by atoms with Gasteiger partial charge in [-0.05, 0) is 42.7 Å². The minimum absolute atomic E-state index is 0.112. The van der Waals surface area contributed by atoms with Crippen molar-refractivity contribution < 1.29 is 13.7 Å². The van der Waals surface area contributed by atoms with E-state index in [9.17, 15) is 9.18 Å². The van der Waals surface area contributed by atoms with Gasteiger partial charge < -0.3 is 9.84 Å². The van der Waals surface area contributed by atoms with Gasteiger partial charge in [-0.25, -0.2) is 9.07 Å². The van der Waals surface area contributed by atoms with Crippen LogP contribution in [0.15, 0.2) is 65.3 Å². The SMILES string of the molecule is Cc1nn(-c2ccc(F)cc2)cc1-c1noc(C(=O)NC[C@H](C)c2ccccc2)n1. The van der Waals surface area contributed by atoms with E-state index in [1.54, 1.807) is 29.9 Å². The maximum atomic E-state index is 13.1. The van der Waals surface area contributed by atoms with Gasteiger partial charge in [0, 0.05) is 12.7 Å². The van der Waals surface area contributed by atoms with Crippen LogP contribution in [0.4, 0.5) is 4.39 Å². The molecule has 2 aromatic heterocycles. The van der Waals surface area contributed by atoms with Crippen LogP contribution >= 0.6 is 0 Å². The Morgan fingerprint density at radius 2 is 1.90 bits per heavy atom. The Morgan fingerprint density at radius 3 is 2.63 bits per heavy atom. The Labute approximate surface area is 172 Å². The van der Waals surface area contributed by atoms with Crippen molar-refractivity contribution in [1.29, 1.82) is 0 Å². The molecule has 0 unspecified atom stereocenters. The summed E-state index contributed by atoms with van der Waals surface area (Å²) in [6.07, 6.45) is 1.71. The summed E-state index contributed by atoms with van der Waals surface area (Å²) >= 11 is 0. The standard InChI is InChI=1S/C22H20FN5O2/c1-14(16-6-4-3-5-7-16)12-24-21(29)22-25-20(27-30-22)19-13-28(26-15(19)2)18-10-8-17(23)9-11-18/h3-11,13-14H,12H2,1-2H3,(H,24,29)/t14-/m0/s1. The molecule has 0 aliphatic heterocycles. The number of hydrogen-bond donors (Lipinski definition) is 1. The number of hydrogen-bond acceptors (Lipinski definition) is 5. The smallest absolute Gasteiger partial charge is 0.316 e. The highest BCUT2D eigenvalue weighted by Gasteiger charge is 2.20. The number of amides is 1. The number of halogens is 1. The molecular weight excluding hydrogens is 385 g/mol. The molecular formula is C22H20FN5O2. The first-order valence-corrected chi connectivity index (χ1v) is 9.50. The summed E-state index contributed by atoms with van der Waals surface area (Å²) in [5.41, 5.74) is 3.11. The van der Waals surface area contributed by atoms with E-state index in [1.807, 2.05) is 37.3 Å². The summed E-state index contributed by atoms with van der Waals surface area (Å²) in [5, 5.41) is 11.1. The third-order valence-corrected chi connectivity index (χ3v) is 4.79. The van der Waals surface area contributed by atoms with E-state index < -0.39 is 5.91 Å². The zero-order valence-electron chi connectivity index (χ0n) is 16.5. The van der Waals surface area contributed by atoms with Crippen LogP contribution in [0.3, 0.4) is 0 Å². The fraction of sp³-hybridized carbons (Fsp3) is 0.182. The molecule has 30 heavy (non-hydrogen) atoms. The molecule has 1 amide bonds. The Morgan fingerprint density at radius 1 is 1.17 bits per heavy atom. The number of nitrogens with zero attached hydrogens (tertiary/aromatic N) is 4. The van der Waals surface area contributed by atoms with Crippen LogP contribution < -0.4 is 5.32 Å². The van der Waals surface area contributed by atoms with Crippen molar-refractivity contribution in [2.24, 2.45) is 0 Å². The van der Waals surface area contributed by atoms with Crippen LogP contribution in [0.25, 0.3) is 17.1 Å². The number of aryl methyl sites for hydroxylation is 1. The van der Waals surface area contributed by atoms with Crippen LogP contribution in [0.2, 0.25) is 0 Å². The molecule has 0 radical (unpaired) electrons. The summed E-state index contributed by atoms with van der Waals surface area (Å²) < 4.78 is 19.9. The van der Waals surface area contributed by atoms with Crippen LogP contribution in [0.5, 0.6) is 0 Å². The van der Waals surface area contributed by atoms with Gasteiger partial charge >= 0.3 is 11.8 Å². The summed E-state index contributed by atoms with van der Waals surface area (Å²) in [5.74, 6) is -0.451. The fourth-order valence-electron chi connectivity index (χ4n) is 3.05. The Hall–Kier alpha value is -3.81. The molecule has 0 bridgehead atoms. The molecule has 2 aromatic carbocycles. The maximum Gasteiger partial charge on any atom is 0.316 e. The maximum absolute atomic E-state index is 13.1. The molecule has 0 fully saturated rings. The summed E-state index contributed by atoms with van der Waals surface area (Å²) in [7, 11) is 0. The average molecular weight is 405 g/mol. The van der Waals surface area contributed by atoms with Crippen molar-refractivity contribution in [1.82, 2.24) is 25.2 Å². The zero-order valence-corrected chi connectivity index (χ0v) is 16.5. The topological polar surface area (TPSA) is 85.8 Å². The van der Waals surface area contributed by atoms with E-state index in [-0.39, 0.29) is 23.5 Å². The van der Waals surface area contributed by atoms with Crippen LogP contribution in [0, 0.1) is 12.7 Å². The van der Waals surface area contributed by atoms with Crippen molar-refractivity contribution in [3.8, 4) is 17.1 Å². The number of aromatic nitrogens is 4. The second-order valence-corrected chi connectivity index (χ2v) is 6.99. The highest BCUT2D eigenvalue weighted by Crippen LogP contribution is 2.22. The average Bonchev–Trinajstić information content (AvgIpc) is 3.40. The molecule has 1 N–H and O–H groups in total. The number of carbonyl (C=O) groups excluding carboxylic acids is 1. The Kier molecular flexibility index (Phi) is 5.38. The van der Waals surface area contributed by atoms with Crippen molar-refractivity contribution in [3.05, 3.63) is 83.8 Å². The van der Waals surface area contributed by atoms with Crippen molar-refractivity contribution in [3.63, 3.8) is 0 Å². The normalized spacial score (nSPS) is 12.0. The largest absolute Gasteiger partial charge is 0.347 e. The molecule has 1 atom stereocenters. The molecule has 0 saturated heterocycles. The van der Waals surface area contributed by atoms with Crippen molar-refractivity contribution in [2.45, 2.75) is 19.8 Å². The number of carbonyl (C=O) groups is 1. The zero-order chi connectivity index (χ0) is 21.1. The molecule has 8 heteroatoms. The number of nitrogens with one attached hydrogen (secondary N) is 1. The van der Waals surface area contributed by atoms with Crippen molar-refractivity contribution in [2.75, 3.05) is 6.54 Å². The highest BCUT2D eigenvalue weighted by molar-refractivity contribution is 5.89. The molecule has 0 aliphatic carbocycles. The van der Waals surface area contributed by atoms with Crippen LogP contribution in [-0.2, 0) is 0 Å². The third-order valence-electron chi connectivity index (χ3n) is 4.79. The Balaban J connectivity index is 1.46. The first-order valence-electron chi connectivity index (χ1n) is 9.50.